The maximum absolute atomic E-state index is 12.1. The van der Waals surface area contributed by atoms with Crippen LogP contribution in [-0.4, -0.2) is 34.4 Å². The third-order valence-corrected chi connectivity index (χ3v) is 3.72. The molecule has 100 valence electrons. The summed E-state index contributed by atoms with van der Waals surface area (Å²) in [4.78, 5) is 12.1. The van der Waals surface area contributed by atoms with Crippen LogP contribution in [0.4, 0.5) is 0 Å². The van der Waals surface area contributed by atoms with Gasteiger partial charge in [-0.2, -0.15) is 5.10 Å². The van der Waals surface area contributed by atoms with Crippen LogP contribution in [0.5, 0.6) is 0 Å². The van der Waals surface area contributed by atoms with Crippen molar-refractivity contribution in [1.29, 1.82) is 0 Å². The minimum Gasteiger partial charge on any atom is -0.376 e. The number of amides is 1. The number of carbonyl (C=O) groups excluding carboxylic acids is 1. The number of nitrogens with zero attached hydrogens (tertiary/aromatic N) is 2. The summed E-state index contributed by atoms with van der Waals surface area (Å²) in [5.74, 6) is -0.155. The van der Waals surface area contributed by atoms with E-state index >= 15 is 0 Å². The van der Waals surface area contributed by atoms with Gasteiger partial charge in [0.25, 0.3) is 5.91 Å². The first kappa shape index (κ1) is 13.5. The fourth-order valence-electron chi connectivity index (χ4n) is 2.08. The Bertz CT molecular complexity index is 427. The normalized spacial score (nSPS) is 20.9. The van der Waals surface area contributed by atoms with Crippen LogP contribution in [0.15, 0.2) is 10.7 Å². The first-order valence-corrected chi connectivity index (χ1v) is 7.06. The van der Waals surface area contributed by atoms with E-state index in [9.17, 15) is 4.79 Å². The van der Waals surface area contributed by atoms with E-state index < -0.39 is 0 Å². The van der Waals surface area contributed by atoms with E-state index in [2.05, 4.69) is 26.3 Å². The lowest BCUT2D eigenvalue weighted by Crippen LogP contribution is -2.41. The lowest BCUT2D eigenvalue weighted by Gasteiger charge is -2.19. The second kappa shape index (κ2) is 5.84. The molecule has 1 aromatic rings. The van der Waals surface area contributed by atoms with Crippen molar-refractivity contribution in [2.75, 3.05) is 6.61 Å². The van der Waals surface area contributed by atoms with Crippen LogP contribution >= 0.6 is 15.9 Å². The molecular formula is C12H18BrN3O2. The van der Waals surface area contributed by atoms with Crippen LogP contribution in [0.3, 0.4) is 0 Å². The highest BCUT2D eigenvalue weighted by atomic mass is 79.9. The number of rotatable bonds is 4. The Kier molecular flexibility index (Phi) is 4.40. The van der Waals surface area contributed by atoms with E-state index in [0.29, 0.717) is 5.69 Å². The highest BCUT2D eigenvalue weighted by molar-refractivity contribution is 9.10. The molecule has 0 spiro atoms. The summed E-state index contributed by atoms with van der Waals surface area (Å²) in [7, 11) is 0. The topological polar surface area (TPSA) is 56.2 Å². The van der Waals surface area contributed by atoms with Crippen molar-refractivity contribution in [3.8, 4) is 0 Å². The molecule has 0 aliphatic carbocycles. The summed E-state index contributed by atoms with van der Waals surface area (Å²) in [6, 6.07) is 0.0127. The Balaban J connectivity index is 1.99. The number of halogens is 1. The van der Waals surface area contributed by atoms with Gasteiger partial charge in [-0.25, -0.2) is 0 Å². The van der Waals surface area contributed by atoms with Crippen LogP contribution in [0.1, 0.15) is 37.2 Å². The Labute approximate surface area is 115 Å². The van der Waals surface area contributed by atoms with E-state index in [0.717, 1.165) is 30.5 Å². The molecule has 1 fully saturated rings. The molecule has 0 aromatic carbocycles. The molecule has 2 rings (SSSR count). The van der Waals surface area contributed by atoms with Gasteiger partial charge < -0.3 is 10.1 Å². The standard InChI is InChI=1S/C12H18BrN3O2/c1-3-16-7-9(13)11(15-16)12(17)14-8(2)10-5-4-6-18-10/h7-8,10H,3-6H2,1-2H3,(H,14,17)/t8-,10-/m0/s1. The van der Waals surface area contributed by atoms with Gasteiger partial charge in [0.1, 0.15) is 0 Å². The minimum absolute atomic E-state index is 0.0127. The zero-order valence-corrected chi connectivity index (χ0v) is 12.2. The summed E-state index contributed by atoms with van der Waals surface area (Å²) >= 11 is 3.36. The number of nitrogens with one attached hydrogen (secondary N) is 1. The number of ether oxygens (including phenoxy) is 1. The number of aryl methyl sites for hydroxylation is 1. The number of aromatic nitrogens is 2. The molecule has 0 saturated carbocycles. The van der Waals surface area contributed by atoms with Crippen molar-refractivity contribution < 1.29 is 9.53 Å². The van der Waals surface area contributed by atoms with E-state index in [1.165, 1.54) is 0 Å². The zero-order valence-electron chi connectivity index (χ0n) is 10.6. The molecule has 2 atom stereocenters. The highest BCUT2D eigenvalue weighted by Crippen LogP contribution is 2.18. The van der Waals surface area contributed by atoms with Crippen LogP contribution in [0.25, 0.3) is 0 Å². The summed E-state index contributed by atoms with van der Waals surface area (Å²) in [5.41, 5.74) is 0.432. The predicted octanol–water partition coefficient (Wildman–Crippen LogP) is 1.96. The molecule has 0 bridgehead atoms. The SMILES string of the molecule is CCn1cc(Br)c(C(=O)N[C@@H](C)[C@@H]2CCCO2)n1. The molecular weight excluding hydrogens is 298 g/mol. The summed E-state index contributed by atoms with van der Waals surface area (Å²) in [5, 5.41) is 7.17. The van der Waals surface area contributed by atoms with E-state index in [1.54, 1.807) is 4.68 Å². The Morgan fingerprint density at radius 3 is 3.11 bits per heavy atom. The molecule has 1 aromatic heterocycles. The Morgan fingerprint density at radius 1 is 1.78 bits per heavy atom. The maximum atomic E-state index is 12.1. The van der Waals surface area contributed by atoms with E-state index in [4.69, 9.17) is 4.74 Å². The molecule has 1 amide bonds. The van der Waals surface area contributed by atoms with Crippen LogP contribution in [0.2, 0.25) is 0 Å². The molecule has 18 heavy (non-hydrogen) atoms. The average Bonchev–Trinajstić information content (AvgIpc) is 2.97. The first-order valence-electron chi connectivity index (χ1n) is 6.27. The van der Waals surface area contributed by atoms with E-state index in [1.807, 2.05) is 20.0 Å². The van der Waals surface area contributed by atoms with Gasteiger partial charge in [-0.3, -0.25) is 9.48 Å². The predicted molar refractivity (Wildman–Crippen MR) is 71.5 cm³/mol. The molecule has 1 N–H and O–H groups in total. The molecule has 1 aliphatic rings. The fraction of sp³-hybridized carbons (Fsp3) is 0.667. The van der Waals surface area contributed by atoms with Crippen molar-refractivity contribution in [2.24, 2.45) is 0 Å². The molecule has 6 heteroatoms. The second-order valence-corrected chi connectivity index (χ2v) is 5.35. The Morgan fingerprint density at radius 2 is 2.56 bits per heavy atom. The molecule has 2 heterocycles. The Hall–Kier alpha value is -0.880. The van der Waals surface area contributed by atoms with Gasteiger partial charge >= 0.3 is 0 Å². The third kappa shape index (κ3) is 2.92. The lowest BCUT2D eigenvalue weighted by molar-refractivity contribution is 0.0708. The van der Waals surface area contributed by atoms with Gasteiger partial charge in [0, 0.05) is 19.3 Å². The largest absolute Gasteiger partial charge is 0.376 e. The zero-order chi connectivity index (χ0) is 13.1. The number of carbonyl (C=O) groups is 1. The molecule has 5 nitrogen and oxygen atoms in total. The van der Waals surface area contributed by atoms with Crippen molar-refractivity contribution in [3.63, 3.8) is 0 Å². The fourth-order valence-corrected chi connectivity index (χ4v) is 2.57. The molecule has 0 radical (unpaired) electrons. The number of hydrogen-bond acceptors (Lipinski definition) is 3. The van der Waals surface area contributed by atoms with Gasteiger partial charge in [-0.15, -0.1) is 0 Å². The van der Waals surface area contributed by atoms with Gasteiger partial charge in [0.15, 0.2) is 5.69 Å². The van der Waals surface area contributed by atoms with Gasteiger partial charge in [0.2, 0.25) is 0 Å². The summed E-state index contributed by atoms with van der Waals surface area (Å²) in [6.45, 7) is 5.49. The number of hydrogen-bond donors (Lipinski definition) is 1. The van der Waals surface area contributed by atoms with Gasteiger partial charge in [0.05, 0.1) is 16.6 Å². The van der Waals surface area contributed by atoms with Crippen LogP contribution in [-0.2, 0) is 11.3 Å². The van der Waals surface area contributed by atoms with Gasteiger partial charge in [-0.1, -0.05) is 0 Å². The monoisotopic (exact) mass is 315 g/mol. The van der Waals surface area contributed by atoms with E-state index in [-0.39, 0.29) is 18.1 Å². The second-order valence-electron chi connectivity index (χ2n) is 4.49. The summed E-state index contributed by atoms with van der Waals surface area (Å²) < 4.78 is 8.01. The summed E-state index contributed by atoms with van der Waals surface area (Å²) in [6.07, 6.45) is 4.01. The molecule has 1 saturated heterocycles. The maximum Gasteiger partial charge on any atom is 0.273 e. The van der Waals surface area contributed by atoms with Crippen molar-refractivity contribution in [1.82, 2.24) is 15.1 Å². The minimum atomic E-state index is -0.155. The quantitative estimate of drug-likeness (QED) is 0.924. The average molecular weight is 316 g/mol. The lowest BCUT2D eigenvalue weighted by atomic mass is 10.1. The third-order valence-electron chi connectivity index (χ3n) is 3.14. The van der Waals surface area contributed by atoms with Crippen molar-refractivity contribution >= 4 is 21.8 Å². The van der Waals surface area contributed by atoms with Crippen LogP contribution < -0.4 is 5.32 Å². The first-order chi connectivity index (χ1) is 8.61. The van der Waals surface area contributed by atoms with Crippen molar-refractivity contribution in [2.45, 2.75) is 45.4 Å². The molecule has 1 aliphatic heterocycles. The van der Waals surface area contributed by atoms with Gasteiger partial charge in [-0.05, 0) is 42.6 Å². The molecule has 0 unspecified atom stereocenters. The smallest absolute Gasteiger partial charge is 0.273 e. The van der Waals surface area contributed by atoms with Crippen LogP contribution in [0, 0.1) is 0 Å². The highest BCUT2D eigenvalue weighted by Gasteiger charge is 2.25. The van der Waals surface area contributed by atoms with Crippen molar-refractivity contribution in [3.05, 3.63) is 16.4 Å².